The Kier molecular flexibility index (Phi) is 3.66. The van der Waals surface area contributed by atoms with Gasteiger partial charge in [-0.25, -0.2) is 4.98 Å². The predicted octanol–water partition coefficient (Wildman–Crippen LogP) is 2.29. The van der Waals surface area contributed by atoms with Crippen molar-refractivity contribution < 1.29 is 5.21 Å². The molecular formula is C12H13BrN4O. The van der Waals surface area contributed by atoms with Gasteiger partial charge in [-0.2, -0.15) is 0 Å². The number of oxime groups is 1. The van der Waals surface area contributed by atoms with E-state index in [0.717, 1.165) is 22.4 Å². The van der Waals surface area contributed by atoms with E-state index in [9.17, 15) is 0 Å². The first-order valence-corrected chi connectivity index (χ1v) is 6.27. The number of aromatic nitrogens is 2. The molecule has 94 valence electrons. The minimum absolute atomic E-state index is 0.0632. The van der Waals surface area contributed by atoms with Gasteiger partial charge in [0.1, 0.15) is 5.82 Å². The molecule has 0 saturated carbocycles. The SMILES string of the molecule is CCc1nccn1-c1cccc(Br)c1/C(N)=N/O. The fourth-order valence-corrected chi connectivity index (χ4v) is 2.39. The smallest absolute Gasteiger partial charge is 0.173 e. The van der Waals surface area contributed by atoms with E-state index in [4.69, 9.17) is 10.9 Å². The molecule has 6 heteroatoms. The average Bonchev–Trinajstić information content (AvgIpc) is 2.85. The molecule has 0 aliphatic heterocycles. The Hall–Kier alpha value is -1.82. The van der Waals surface area contributed by atoms with Crippen LogP contribution in [0.4, 0.5) is 0 Å². The molecule has 0 atom stereocenters. The van der Waals surface area contributed by atoms with Crippen LogP contribution < -0.4 is 5.73 Å². The summed E-state index contributed by atoms with van der Waals surface area (Å²) in [5.41, 5.74) is 7.20. The number of halogens is 1. The van der Waals surface area contributed by atoms with Crippen molar-refractivity contribution in [3.63, 3.8) is 0 Å². The van der Waals surface area contributed by atoms with Crippen molar-refractivity contribution in [3.8, 4) is 5.69 Å². The summed E-state index contributed by atoms with van der Waals surface area (Å²) in [5, 5.41) is 12.0. The van der Waals surface area contributed by atoms with Gasteiger partial charge in [0.25, 0.3) is 0 Å². The molecule has 0 radical (unpaired) electrons. The van der Waals surface area contributed by atoms with Crippen LogP contribution >= 0.6 is 15.9 Å². The van der Waals surface area contributed by atoms with E-state index in [0.29, 0.717) is 5.56 Å². The van der Waals surface area contributed by atoms with Gasteiger partial charge in [0.05, 0.1) is 11.3 Å². The highest BCUT2D eigenvalue weighted by atomic mass is 79.9. The number of nitrogens with two attached hydrogens (primary N) is 1. The third-order valence-corrected chi connectivity index (χ3v) is 3.31. The third kappa shape index (κ3) is 2.11. The Bertz CT molecular complexity index is 592. The van der Waals surface area contributed by atoms with Gasteiger partial charge in [-0.15, -0.1) is 0 Å². The van der Waals surface area contributed by atoms with E-state index in [-0.39, 0.29) is 5.84 Å². The Labute approximate surface area is 113 Å². The standard InChI is InChI=1S/C12H13BrN4O/c1-2-10-15-6-7-17(10)9-5-3-4-8(13)11(9)12(14)16-18/h3-7,18H,2H2,1H3,(H2,14,16). The van der Waals surface area contributed by atoms with Crippen molar-refractivity contribution in [3.05, 3.63) is 46.5 Å². The van der Waals surface area contributed by atoms with E-state index >= 15 is 0 Å². The predicted molar refractivity (Wildman–Crippen MR) is 73.2 cm³/mol. The maximum atomic E-state index is 8.88. The van der Waals surface area contributed by atoms with Crippen LogP contribution in [0.2, 0.25) is 0 Å². The van der Waals surface area contributed by atoms with Crippen LogP contribution in [0.3, 0.4) is 0 Å². The fourth-order valence-electron chi connectivity index (χ4n) is 1.83. The summed E-state index contributed by atoms with van der Waals surface area (Å²) in [6, 6.07) is 5.64. The summed E-state index contributed by atoms with van der Waals surface area (Å²) < 4.78 is 2.70. The Morgan fingerprint density at radius 1 is 1.56 bits per heavy atom. The highest BCUT2D eigenvalue weighted by Crippen LogP contribution is 2.24. The van der Waals surface area contributed by atoms with Gasteiger partial charge >= 0.3 is 0 Å². The van der Waals surface area contributed by atoms with E-state index in [1.807, 2.05) is 35.9 Å². The summed E-state index contributed by atoms with van der Waals surface area (Å²) in [5.74, 6) is 0.980. The number of aryl methyl sites for hydroxylation is 1. The van der Waals surface area contributed by atoms with Crippen LogP contribution in [0.5, 0.6) is 0 Å². The number of benzene rings is 1. The highest BCUT2D eigenvalue weighted by Gasteiger charge is 2.14. The van der Waals surface area contributed by atoms with Crippen molar-refractivity contribution in [1.82, 2.24) is 9.55 Å². The van der Waals surface area contributed by atoms with Crippen LogP contribution in [-0.2, 0) is 6.42 Å². The molecule has 1 aromatic carbocycles. The summed E-state index contributed by atoms with van der Waals surface area (Å²) in [6.45, 7) is 2.03. The van der Waals surface area contributed by atoms with E-state index in [1.165, 1.54) is 0 Å². The maximum absolute atomic E-state index is 8.88. The summed E-state index contributed by atoms with van der Waals surface area (Å²) in [4.78, 5) is 4.27. The normalized spacial score (nSPS) is 11.8. The van der Waals surface area contributed by atoms with Gasteiger partial charge in [0.15, 0.2) is 5.84 Å². The Balaban J connectivity index is 2.68. The Morgan fingerprint density at radius 3 is 3.00 bits per heavy atom. The summed E-state index contributed by atoms with van der Waals surface area (Å²) in [7, 11) is 0. The molecule has 0 saturated heterocycles. The zero-order valence-electron chi connectivity index (χ0n) is 9.84. The summed E-state index contributed by atoms with van der Waals surface area (Å²) in [6.07, 6.45) is 4.39. The Morgan fingerprint density at radius 2 is 2.33 bits per heavy atom. The molecule has 0 aliphatic rings. The molecule has 2 aromatic rings. The number of nitrogens with zero attached hydrogens (tertiary/aromatic N) is 3. The van der Waals surface area contributed by atoms with Gasteiger partial charge in [-0.05, 0) is 28.1 Å². The van der Waals surface area contributed by atoms with Crippen molar-refractivity contribution in [1.29, 1.82) is 0 Å². The number of rotatable bonds is 3. The van der Waals surface area contributed by atoms with Crippen molar-refractivity contribution >= 4 is 21.8 Å². The molecule has 1 heterocycles. The highest BCUT2D eigenvalue weighted by molar-refractivity contribution is 9.10. The van der Waals surface area contributed by atoms with Crippen LogP contribution in [-0.4, -0.2) is 20.6 Å². The van der Waals surface area contributed by atoms with Crippen molar-refractivity contribution in [2.45, 2.75) is 13.3 Å². The first-order chi connectivity index (χ1) is 8.69. The quantitative estimate of drug-likeness (QED) is 0.395. The largest absolute Gasteiger partial charge is 0.409 e. The fraction of sp³-hybridized carbons (Fsp3) is 0.167. The molecule has 0 spiro atoms. The van der Waals surface area contributed by atoms with Crippen LogP contribution in [0.1, 0.15) is 18.3 Å². The number of hydrogen-bond acceptors (Lipinski definition) is 3. The maximum Gasteiger partial charge on any atom is 0.173 e. The molecule has 0 bridgehead atoms. The molecule has 2 rings (SSSR count). The molecule has 1 aromatic heterocycles. The van der Waals surface area contributed by atoms with Gasteiger partial charge in [0, 0.05) is 23.3 Å². The lowest BCUT2D eigenvalue weighted by molar-refractivity contribution is 0.318. The van der Waals surface area contributed by atoms with Crippen LogP contribution in [0.15, 0.2) is 40.2 Å². The molecule has 0 aliphatic carbocycles. The van der Waals surface area contributed by atoms with Crippen molar-refractivity contribution in [2.75, 3.05) is 0 Å². The molecule has 3 N–H and O–H groups in total. The lowest BCUT2D eigenvalue weighted by Gasteiger charge is -2.13. The first kappa shape index (κ1) is 12.6. The average molecular weight is 309 g/mol. The van der Waals surface area contributed by atoms with Crippen molar-refractivity contribution in [2.24, 2.45) is 10.9 Å². The zero-order valence-corrected chi connectivity index (χ0v) is 11.4. The zero-order chi connectivity index (χ0) is 13.1. The van der Waals surface area contributed by atoms with E-state index in [1.54, 1.807) is 6.20 Å². The second-order valence-corrected chi connectivity index (χ2v) is 4.54. The van der Waals surface area contributed by atoms with E-state index < -0.39 is 0 Å². The third-order valence-electron chi connectivity index (χ3n) is 2.65. The lowest BCUT2D eigenvalue weighted by Crippen LogP contribution is -2.17. The monoisotopic (exact) mass is 308 g/mol. The van der Waals surface area contributed by atoms with Gasteiger partial charge < -0.3 is 15.5 Å². The van der Waals surface area contributed by atoms with Gasteiger partial charge in [-0.3, -0.25) is 0 Å². The van der Waals surface area contributed by atoms with Crippen LogP contribution in [0.25, 0.3) is 5.69 Å². The second-order valence-electron chi connectivity index (χ2n) is 3.69. The van der Waals surface area contributed by atoms with E-state index in [2.05, 4.69) is 26.1 Å². The minimum Gasteiger partial charge on any atom is -0.409 e. The molecule has 0 unspecified atom stereocenters. The molecule has 0 fully saturated rings. The number of imidazole rings is 1. The first-order valence-electron chi connectivity index (χ1n) is 5.48. The van der Waals surface area contributed by atoms with Gasteiger partial charge in [-0.1, -0.05) is 18.1 Å². The topological polar surface area (TPSA) is 76.4 Å². The summed E-state index contributed by atoms with van der Waals surface area (Å²) >= 11 is 3.41. The molecule has 18 heavy (non-hydrogen) atoms. The second kappa shape index (κ2) is 5.22. The number of amidine groups is 1. The van der Waals surface area contributed by atoms with Gasteiger partial charge in [0.2, 0.25) is 0 Å². The number of hydrogen-bond donors (Lipinski definition) is 2. The molecular weight excluding hydrogens is 296 g/mol. The molecule has 5 nitrogen and oxygen atoms in total. The minimum atomic E-state index is 0.0632. The van der Waals surface area contributed by atoms with Crippen LogP contribution in [0, 0.1) is 0 Å². The molecule has 0 amide bonds. The lowest BCUT2D eigenvalue weighted by atomic mass is 10.1.